The van der Waals surface area contributed by atoms with Gasteiger partial charge in [0.05, 0.1) is 29.7 Å². The van der Waals surface area contributed by atoms with Gasteiger partial charge in [-0.15, -0.1) is 0 Å². The second kappa shape index (κ2) is 9.64. The van der Waals surface area contributed by atoms with Gasteiger partial charge in [0.15, 0.2) is 5.17 Å². The van der Waals surface area contributed by atoms with Gasteiger partial charge in [-0.1, -0.05) is 36.4 Å². The molecular formula is C24H20N4O3S. The largest absolute Gasteiger partial charge is 0.492 e. The first-order valence-corrected chi connectivity index (χ1v) is 10.8. The molecule has 0 unspecified atom stereocenters. The van der Waals surface area contributed by atoms with Crippen molar-refractivity contribution in [2.45, 2.75) is 13.0 Å². The van der Waals surface area contributed by atoms with Crippen molar-refractivity contribution in [1.29, 1.82) is 5.26 Å². The number of hydrogen-bond donors (Lipinski definition) is 2. The highest BCUT2D eigenvalue weighted by atomic mass is 32.2. The first-order chi connectivity index (χ1) is 15.6. The van der Waals surface area contributed by atoms with Gasteiger partial charge in [-0.05, 0) is 48.0 Å². The van der Waals surface area contributed by atoms with Crippen molar-refractivity contribution >= 4 is 39.8 Å². The maximum atomic E-state index is 12.4. The van der Waals surface area contributed by atoms with Crippen molar-refractivity contribution in [2.24, 2.45) is 4.99 Å². The molecule has 0 saturated carbocycles. The Bertz CT molecular complexity index is 1270. The molecule has 1 atom stereocenters. The van der Waals surface area contributed by atoms with E-state index in [9.17, 15) is 15.2 Å². The summed E-state index contributed by atoms with van der Waals surface area (Å²) in [6.07, 6.45) is 2.51. The molecule has 0 aliphatic carbocycles. The van der Waals surface area contributed by atoms with Gasteiger partial charge in [0, 0.05) is 11.6 Å². The molecular weight excluding hydrogens is 424 g/mol. The molecule has 1 saturated heterocycles. The lowest BCUT2D eigenvalue weighted by molar-refractivity contribution is -0.115. The molecule has 8 heteroatoms. The smallest absolute Gasteiger partial charge is 0.264 e. The summed E-state index contributed by atoms with van der Waals surface area (Å²) < 4.78 is 5.68. The molecule has 0 spiro atoms. The summed E-state index contributed by atoms with van der Waals surface area (Å²) in [4.78, 5) is 21.6. The molecule has 2 N–H and O–H groups in total. The SMILES string of the molecule is CCOc1c(C#N)cnc2ccc(C=C3SC(=NC[C@H](O)c4ccccc4)NC3=O)cc12. The summed E-state index contributed by atoms with van der Waals surface area (Å²) in [6.45, 7) is 2.43. The first kappa shape index (κ1) is 21.6. The number of hydrogen-bond acceptors (Lipinski definition) is 7. The zero-order chi connectivity index (χ0) is 22.5. The van der Waals surface area contributed by atoms with Gasteiger partial charge in [-0.3, -0.25) is 14.8 Å². The van der Waals surface area contributed by atoms with E-state index in [0.29, 0.717) is 38.9 Å². The number of aliphatic hydroxyl groups excluding tert-OH is 1. The fraction of sp³-hybridized carbons (Fsp3) is 0.167. The summed E-state index contributed by atoms with van der Waals surface area (Å²) in [7, 11) is 0. The summed E-state index contributed by atoms with van der Waals surface area (Å²) in [5.74, 6) is 0.234. The number of nitriles is 1. The van der Waals surface area contributed by atoms with Crippen LogP contribution in [-0.2, 0) is 4.79 Å². The topological polar surface area (TPSA) is 108 Å². The van der Waals surface area contributed by atoms with Crippen molar-refractivity contribution in [3.8, 4) is 11.8 Å². The number of pyridine rings is 1. The second-order valence-corrected chi connectivity index (χ2v) is 7.99. The van der Waals surface area contributed by atoms with E-state index in [2.05, 4.69) is 21.4 Å². The van der Waals surface area contributed by atoms with Crippen LogP contribution in [-0.4, -0.2) is 34.3 Å². The monoisotopic (exact) mass is 444 g/mol. The Morgan fingerprint density at radius 3 is 2.88 bits per heavy atom. The fourth-order valence-electron chi connectivity index (χ4n) is 3.26. The molecule has 1 aliphatic heterocycles. The van der Waals surface area contributed by atoms with Crippen LogP contribution in [0.1, 0.15) is 29.7 Å². The third-order valence-corrected chi connectivity index (χ3v) is 5.74. The summed E-state index contributed by atoms with van der Waals surface area (Å²) >= 11 is 1.22. The Balaban J connectivity index is 1.56. The number of thioether (sulfide) groups is 1. The molecule has 1 aliphatic rings. The number of aliphatic hydroxyl groups is 1. The number of carbonyl (C=O) groups excluding carboxylic acids is 1. The van der Waals surface area contributed by atoms with Crippen LogP contribution in [0.5, 0.6) is 5.75 Å². The number of amidine groups is 1. The highest BCUT2D eigenvalue weighted by Crippen LogP contribution is 2.31. The maximum Gasteiger partial charge on any atom is 0.264 e. The molecule has 1 aromatic heterocycles. The summed E-state index contributed by atoms with van der Waals surface area (Å²) in [5, 5.41) is 23.5. The molecule has 3 aromatic rings. The van der Waals surface area contributed by atoms with Crippen LogP contribution in [0, 0.1) is 11.3 Å². The molecule has 0 bridgehead atoms. The average molecular weight is 445 g/mol. The van der Waals surface area contributed by atoms with Gasteiger partial charge in [-0.2, -0.15) is 5.26 Å². The minimum absolute atomic E-state index is 0.149. The van der Waals surface area contributed by atoms with Gasteiger partial charge < -0.3 is 15.2 Å². The quantitative estimate of drug-likeness (QED) is 0.560. The molecule has 32 heavy (non-hydrogen) atoms. The third-order valence-electron chi connectivity index (χ3n) is 4.79. The number of aromatic nitrogens is 1. The van der Waals surface area contributed by atoms with E-state index in [4.69, 9.17) is 4.74 Å². The average Bonchev–Trinajstić information content (AvgIpc) is 3.17. The number of benzene rings is 2. The number of nitrogens with one attached hydrogen (secondary N) is 1. The van der Waals surface area contributed by atoms with Crippen molar-refractivity contribution in [3.05, 3.63) is 76.3 Å². The van der Waals surface area contributed by atoms with Crippen LogP contribution in [0.25, 0.3) is 17.0 Å². The highest BCUT2D eigenvalue weighted by Gasteiger charge is 2.24. The number of rotatable bonds is 6. The van der Waals surface area contributed by atoms with Crippen LogP contribution >= 0.6 is 11.8 Å². The molecule has 0 radical (unpaired) electrons. The molecule has 1 fully saturated rings. The molecule has 4 rings (SSSR count). The van der Waals surface area contributed by atoms with E-state index in [1.807, 2.05) is 55.5 Å². The van der Waals surface area contributed by atoms with Crippen LogP contribution in [0.15, 0.2) is 64.6 Å². The van der Waals surface area contributed by atoms with Crippen LogP contribution in [0.4, 0.5) is 0 Å². The third kappa shape index (κ3) is 4.64. The summed E-state index contributed by atoms with van der Waals surface area (Å²) in [5.41, 5.74) is 2.62. The normalized spacial score (nSPS) is 16.8. The molecule has 2 heterocycles. The lowest BCUT2D eigenvalue weighted by Crippen LogP contribution is -2.20. The Morgan fingerprint density at radius 2 is 2.12 bits per heavy atom. The number of amides is 1. The number of ether oxygens (including phenoxy) is 1. The number of carbonyl (C=O) groups is 1. The van der Waals surface area contributed by atoms with E-state index >= 15 is 0 Å². The van der Waals surface area contributed by atoms with Crippen molar-refractivity contribution in [3.63, 3.8) is 0 Å². The van der Waals surface area contributed by atoms with E-state index in [0.717, 1.165) is 11.1 Å². The van der Waals surface area contributed by atoms with Crippen LogP contribution in [0.2, 0.25) is 0 Å². The van der Waals surface area contributed by atoms with Gasteiger partial charge in [0.1, 0.15) is 17.4 Å². The number of nitrogens with zero attached hydrogens (tertiary/aromatic N) is 3. The van der Waals surface area contributed by atoms with Gasteiger partial charge in [0.25, 0.3) is 5.91 Å². The molecule has 2 aromatic carbocycles. The summed E-state index contributed by atoms with van der Waals surface area (Å²) in [6, 6.07) is 16.9. The Kier molecular flexibility index (Phi) is 6.50. The van der Waals surface area contributed by atoms with Gasteiger partial charge >= 0.3 is 0 Å². The van der Waals surface area contributed by atoms with E-state index < -0.39 is 6.10 Å². The maximum absolute atomic E-state index is 12.4. The number of fused-ring (bicyclic) bond motifs is 1. The van der Waals surface area contributed by atoms with E-state index in [1.54, 1.807) is 6.08 Å². The standard InChI is InChI=1S/C24H20N4O3S/c1-2-31-22-17(12-25)13-26-19-9-8-15(10-18(19)22)11-21-23(30)28-24(32-21)27-14-20(29)16-6-4-3-5-7-16/h3-11,13,20,29H,2,14H2,1H3,(H,27,28,30)/t20-/m0/s1. The molecule has 160 valence electrons. The molecule has 1 amide bonds. The zero-order valence-corrected chi connectivity index (χ0v) is 18.1. The van der Waals surface area contributed by atoms with Crippen LogP contribution in [0.3, 0.4) is 0 Å². The van der Waals surface area contributed by atoms with Crippen molar-refractivity contribution < 1.29 is 14.6 Å². The van der Waals surface area contributed by atoms with Crippen molar-refractivity contribution in [2.75, 3.05) is 13.2 Å². The predicted octanol–water partition coefficient (Wildman–Crippen LogP) is 3.80. The van der Waals surface area contributed by atoms with Crippen molar-refractivity contribution in [1.82, 2.24) is 10.3 Å². The number of aliphatic imine (C=N–C) groups is 1. The minimum Gasteiger partial charge on any atom is -0.492 e. The lowest BCUT2D eigenvalue weighted by atomic mass is 10.1. The second-order valence-electron chi connectivity index (χ2n) is 6.96. The highest BCUT2D eigenvalue weighted by molar-refractivity contribution is 8.18. The fourth-order valence-corrected chi connectivity index (χ4v) is 4.09. The van der Waals surface area contributed by atoms with Gasteiger partial charge in [0.2, 0.25) is 0 Å². The Hall–Kier alpha value is -3.67. The predicted molar refractivity (Wildman–Crippen MR) is 125 cm³/mol. The Labute approximate surface area is 189 Å². The lowest BCUT2D eigenvalue weighted by Gasteiger charge is -2.09. The Morgan fingerprint density at radius 1 is 1.31 bits per heavy atom. The van der Waals surface area contributed by atoms with E-state index in [-0.39, 0.29) is 12.5 Å². The van der Waals surface area contributed by atoms with Crippen LogP contribution < -0.4 is 10.1 Å². The van der Waals surface area contributed by atoms with Gasteiger partial charge in [-0.25, -0.2) is 0 Å². The first-order valence-electron chi connectivity index (χ1n) is 10.0. The molecule has 7 nitrogen and oxygen atoms in total. The van der Waals surface area contributed by atoms with E-state index in [1.165, 1.54) is 18.0 Å². The minimum atomic E-state index is -0.742. The zero-order valence-electron chi connectivity index (χ0n) is 17.3.